The first-order valence-corrected chi connectivity index (χ1v) is 6.57. The van der Waals surface area contributed by atoms with Gasteiger partial charge in [-0.1, -0.05) is 28.1 Å². The van der Waals surface area contributed by atoms with Crippen LogP contribution in [-0.2, 0) is 0 Å². The lowest BCUT2D eigenvalue weighted by Crippen LogP contribution is -2.30. The zero-order valence-electron chi connectivity index (χ0n) is 10.1. The number of rotatable bonds is 3. The number of hydrogen-bond donors (Lipinski definition) is 0. The molecule has 94 valence electrons. The molecule has 0 radical (unpaired) electrons. The number of nitrogens with zero attached hydrogens (tertiary/aromatic N) is 3. The lowest BCUT2D eigenvalue weighted by atomic mass is 10.1. The normalized spacial score (nSPS) is 19.2. The molecule has 1 unspecified atom stereocenters. The fraction of sp³-hybridized carbons (Fsp3) is 0.385. The molecule has 18 heavy (non-hydrogen) atoms. The van der Waals surface area contributed by atoms with Crippen molar-refractivity contribution >= 4 is 22.0 Å². The molecule has 0 saturated carbocycles. The Morgan fingerprint density at radius 2 is 2.11 bits per heavy atom. The zero-order valence-corrected chi connectivity index (χ0v) is 11.7. The van der Waals surface area contributed by atoms with Crippen LogP contribution in [0.2, 0.25) is 0 Å². The van der Waals surface area contributed by atoms with Gasteiger partial charge in [0.25, 0.3) is 0 Å². The minimum absolute atomic E-state index is 0.00170. The number of nitriles is 1. The Kier molecular flexibility index (Phi) is 3.87. The van der Waals surface area contributed by atoms with E-state index in [0.29, 0.717) is 19.5 Å². The maximum absolute atomic E-state index is 12.0. The lowest BCUT2D eigenvalue weighted by Gasteiger charge is -2.17. The minimum Gasteiger partial charge on any atom is -0.321 e. The molecule has 0 spiro atoms. The molecule has 1 heterocycles. The van der Waals surface area contributed by atoms with Gasteiger partial charge in [-0.25, -0.2) is 4.79 Å². The van der Waals surface area contributed by atoms with Crippen LogP contribution in [0, 0.1) is 11.3 Å². The first kappa shape index (κ1) is 12.9. The third kappa shape index (κ3) is 2.49. The van der Waals surface area contributed by atoms with Gasteiger partial charge in [0.2, 0.25) is 0 Å². The Morgan fingerprint density at radius 1 is 1.44 bits per heavy atom. The number of likely N-dealkylation sites (N-methyl/N-ethyl adjacent to an activating group) is 1. The molecule has 1 aromatic rings. The van der Waals surface area contributed by atoms with Crippen molar-refractivity contribution in [2.45, 2.75) is 12.5 Å². The Labute approximate surface area is 115 Å². The topological polar surface area (TPSA) is 47.3 Å². The Morgan fingerprint density at radius 3 is 2.72 bits per heavy atom. The highest BCUT2D eigenvalue weighted by Gasteiger charge is 2.34. The smallest absolute Gasteiger partial charge is 0.320 e. The van der Waals surface area contributed by atoms with Gasteiger partial charge in [0, 0.05) is 24.6 Å². The summed E-state index contributed by atoms with van der Waals surface area (Å²) < 4.78 is 1.03. The molecule has 1 atom stereocenters. The summed E-state index contributed by atoms with van der Waals surface area (Å²) in [6.07, 6.45) is 0.382. The van der Waals surface area contributed by atoms with Crippen molar-refractivity contribution in [1.29, 1.82) is 5.26 Å². The van der Waals surface area contributed by atoms with Crippen molar-refractivity contribution in [2.75, 3.05) is 20.1 Å². The van der Waals surface area contributed by atoms with Gasteiger partial charge in [0.05, 0.1) is 18.5 Å². The first-order valence-electron chi connectivity index (χ1n) is 5.77. The molecular formula is C13H14BrN3O. The Hall–Kier alpha value is -1.54. The lowest BCUT2D eigenvalue weighted by molar-refractivity contribution is 0.196. The van der Waals surface area contributed by atoms with E-state index in [1.54, 1.807) is 16.8 Å². The highest BCUT2D eigenvalue weighted by atomic mass is 79.9. The van der Waals surface area contributed by atoms with Crippen LogP contribution >= 0.6 is 15.9 Å². The average Bonchev–Trinajstić information content (AvgIpc) is 2.65. The van der Waals surface area contributed by atoms with Gasteiger partial charge < -0.3 is 9.80 Å². The molecule has 5 heteroatoms. The van der Waals surface area contributed by atoms with Crippen molar-refractivity contribution in [3.63, 3.8) is 0 Å². The number of hydrogen-bond acceptors (Lipinski definition) is 2. The first-order chi connectivity index (χ1) is 8.63. The number of carbonyl (C=O) groups is 1. The molecule has 4 nitrogen and oxygen atoms in total. The van der Waals surface area contributed by atoms with E-state index in [1.807, 2.05) is 24.3 Å². The second kappa shape index (κ2) is 5.40. The van der Waals surface area contributed by atoms with Crippen LogP contribution < -0.4 is 0 Å². The third-order valence-corrected chi connectivity index (χ3v) is 3.71. The summed E-state index contributed by atoms with van der Waals surface area (Å²) in [5.41, 5.74) is 1.12. The molecule has 0 aliphatic carbocycles. The molecule has 0 N–H and O–H groups in total. The summed E-state index contributed by atoms with van der Waals surface area (Å²) in [6, 6.07) is 10.1. The van der Waals surface area contributed by atoms with E-state index in [2.05, 4.69) is 22.0 Å². The molecule has 2 amide bonds. The summed E-state index contributed by atoms with van der Waals surface area (Å²) in [4.78, 5) is 15.5. The Bertz CT molecular complexity index is 480. The third-order valence-electron chi connectivity index (χ3n) is 3.18. The predicted molar refractivity (Wildman–Crippen MR) is 71.8 cm³/mol. The highest BCUT2D eigenvalue weighted by Crippen LogP contribution is 2.28. The van der Waals surface area contributed by atoms with Crippen molar-refractivity contribution < 1.29 is 4.79 Å². The molecule has 0 bridgehead atoms. The van der Waals surface area contributed by atoms with Crippen LogP contribution in [0.5, 0.6) is 0 Å². The number of halogens is 1. The second-order valence-corrected chi connectivity index (χ2v) is 5.23. The van der Waals surface area contributed by atoms with Gasteiger partial charge in [-0.2, -0.15) is 5.26 Å². The van der Waals surface area contributed by atoms with Crippen LogP contribution in [0.25, 0.3) is 0 Å². The van der Waals surface area contributed by atoms with Crippen molar-refractivity contribution in [3.05, 3.63) is 34.3 Å². The van der Waals surface area contributed by atoms with Gasteiger partial charge in [-0.05, 0) is 17.7 Å². The standard InChI is InChI=1S/C13H14BrN3O/c1-16-12(10-3-5-11(14)6-4-10)9-17(13(16)18)8-2-7-15/h3-6,12H,2,8-9H2,1H3. The monoisotopic (exact) mass is 307 g/mol. The predicted octanol–water partition coefficient (Wildman–Crippen LogP) is 2.77. The van der Waals surface area contributed by atoms with Crippen LogP contribution in [0.3, 0.4) is 0 Å². The number of amides is 2. The van der Waals surface area contributed by atoms with E-state index < -0.39 is 0 Å². The van der Waals surface area contributed by atoms with Crippen LogP contribution in [0.4, 0.5) is 4.79 Å². The molecule has 1 aliphatic rings. The molecule has 1 aromatic carbocycles. The molecule has 1 aliphatic heterocycles. The summed E-state index contributed by atoms with van der Waals surface area (Å²) in [5, 5.41) is 8.59. The summed E-state index contributed by atoms with van der Waals surface area (Å²) >= 11 is 3.40. The zero-order chi connectivity index (χ0) is 13.1. The van der Waals surface area contributed by atoms with Crippen molar-refractivity contribution in [3.8, 4) is 6.07 Å². The van der Waals surface area contributed by atoms with Gasteiger partial charge >= 0.3 is 6.03 Å². The quantitative estimate of drug-likeness (QED) is 0.862. The highest BCUT2D eigenvalue weighted by molar-refractivity contribution is 9.10. The maximum atomic E-state index is 12.0. The largest absolute Gasteiger partial charge is 0.321 e. The summed E-state index contributed by atoms with van der Waals surface area (Å²) in [7, 11) is 1.81. The fourth-order valence-corrected chi connectivity index (χ4v) is 2.42. The van der Waals surface area contributed by atoms with E-state index in [1.165, 1.54) is 0 Å². The van der Waals surface area contributed by atoms with Crippen LogP contribution in [0.1, 0.15) is 18.0 Å². The Balaban J connectivity index is 2.13. The van der Waals surface area contributed by atoms with E-state index in [9.17, 15) is 4.79 Å². The van der Waals surface area contributed by atoms with Gasteiger partial charge in [-0.15, -0.1) is 0 Å². The molecule has 1 saturated heterocycles. The number of urea groups is 1. The van der Waals surface area contributed by atoms with E-state index in [4.69, 9.17) is 5.26 Å². The molecule has 2 rings (SSSR count). The summed E-state index contributed by atoms with van der Waals surface area (Å²) in [6.45, 7) is 1.16. The van der Waals surface area contributed by atoms with Crippen molar-refractivity contribution in [1.82, 2.24) is 9.80 Å². The minimum atomic E-state index is -0.00170. The van der Waals surface area contributed by atoms with E-state index in [0.717, 1.165) is 10.0 Å². The van der Waals surface area contributed by atoms with Gasteiger partial charge in [0.15, 0.2) is 0 Å². The average molecular weight is 308 g/mol. The van der Waals surface area contributed by atoms with E-state index >= 15 is 0 Å². The van der Waals surface area contributed by atoms with Crippen molar-refractivity contribution in [2.24, 2.45) is 0 Å². The van der Waals surface area contributed by atoms with E-state index in [-0.39, 0.29) is 12.1 Å². The fourth-order valence-electron chi connectivity index (χ4n) is 2.15. The number of carbonyl (C=O) groups excluding carboxylic acids is 1. The molecule has 0 aromatic heterocycles. The maximum Gasteiger partial charge on any atom is 0.320 e. The molecular weight excluding hydrogens is 294 g/mol. The van der Waals surface area contributed by atoms with Gasteiger partial charge in [0.1, 0.15) is 0 Å². The SMILES string of the molecule is CN1C(=O)N(CCC#N)CC1c1ccc(Br)cc1. The van der Waals surface area contributed by atoms with Gasteiger partial charge in [-0.3, -0.25) is 0 Å². The second-order valence-electron chi connectivity index (χ2n) is 4.31. The van der Waals surface area contributed by atoms with Crippen LogP contribution in [-0.4, -0.2) is 36.0 Å². The van der Waals surface area contributed by atoms with Crippen LogP contribution in [0.15, 0.2) is 28.7 Å². The molecule has 1 fully saturated rings. The summed E-state index contributed by atoms with van der Waals surface area (Å²) in [5.74, 6) is 0. The number of benzene rings is 1.